The van der Waals surface area contributed by atoms with Crippen molar-refractivity contribution in [2.45, 2.75) is 6.92 Å². The highest BCUT2D eigenvalue weighted by molar-refractivity contribution is 14.1. The Hall–Kier alpha value is -1.24. The average molecular weight is 440 g/mol. The molecule has 0 unspecified atom stereocenters. The molecule has 22 heavy (non-hydrogen) atoms. The first-order valence-electron chi connectivity index (χ1n) is 6.58. The van der Waals surface area contributed by atoms with Gasteiger partial charge in [0, 0.05) is 10.9 Å². The number of hydrogen-bond donors (Lipinski definition) is 0. The van der Waals surface area contributed by atoms with Crippen molar-refractivity contribution in [3.05, 3.63) is 66.5 Å². The highest BCUT2D eigenvalue weighted by atomic mass is 127. The number of carbonyl (C=O) groups is 1. The summed E-state index contributed by atoms with van der Waals surface area (Å²) in [5, 5.41) is 1.42. The second-order valence-corrected chi connectivity index (χ2v) is 8.15. The topological polar surface area (TPSA) is 30.0 Å². The summed E-state index contributed by atoms with van der Waals surface area (Å²) < 4.78 is 1.09. The molecule has 0 bridgehead atoms. The number of thiophene rings is 1. The molecule has 0 saturated heterocycles. The van der Waals surface area contributed by atoms with Gasteiger partial charge < -0.3 is 0 Å². The number of nitrogens with zero attached hydrogens (tertiary/aromatic N) is 1. The van der Waals surface area contributed by atoms with Crippen molar-refractivity contribution in [1.29, 1.82) is 0 Å². The lowest BCUT2D eigenvalue weighted by Crippen LogP contribution is -1.91. The zero-order chi connectivity index (χ0) is 15.7. The fraction of sp³-hybridized carbons (Fsp3) is 0.0588. The maximum Gasteiger partial charge on any atom is 0.195 e. The molecule has 0 spiro atoms. The van der Waals surface area contributed by atoms with Crippen molar-refractivity contribution in [3.8, 4) is 0 Å². The molecule has 3 rings (SSSR count). The van der Waals surface area contributed by atoms with Gasteiger partial charge in [-0.25, -0.2) is 4.98 Å². The SMILES string of the molecule is Cc1cccc2cc(/C=C/C(=O)c3ccc(I)s3)c(Cl)nc12. The van der Waals surface area contributed by atoms with Gasteiger partial charge in [-0.05, 0) is 65.4 Å². The lowest BCUT2D eigenvalue weighted by Gasteiger charge is -2.04. The number of allylic oxidation sites excluding steroid dienone is 1. The first-order valence-corrected chi connectivity index (χ1v) is 8.85. The highest BCUT2D eigenvalue weighted by Gasteiger charge is 2.07. The van der Waals surface area contributed by atoms with E-state index in [2.05, 4.69) is 27.6 Å². The summed E-state index contributed by atoms with van der Waals surface area (Å²) in [6.07, 6.45) is 3.28. The van der Waals surface area contributed by atoms with Crippen LogP contribution < -0.4 is 0 Å². The second kappa shape index (κ2) is 6.48. The second-order valence-electron chi connectivity index (χ2n) is 4.82. The number of halogens is 2. The zero-order valence-electron chi connectivity index (χ0n) is 11.6. The molecule has 0 aliphatic rings. The van der Waals surface area contributed by atoms with E-state index in [1.807, 2.05) is 43.3 Å². The van der Waals surface area contributed by atoms with E-state index in [1.165, 1.54) is 11.3 Å². The summed E-state index contributed by atoms with van der Waals surface area (Å²) in [5.74, 6) is -0.0201. The molecule has 0 aliphatic carbocycles. The molecule has 5 heteroatoms. The minimum atomic E-state index is -0.0201. The maximum absolute atomic E-state index is 12.1. The standard InChI is InChI=1S/C17H11ClINOS/c1-10-3-2-4-11-9-12(17(18)20-16(10)11)5-6-13(21)14-7-8-15(19)22-14/h2-9H,1H3/b6-5+. The van der Waals surface area contributed by atoms with Crippen LogP contribution in [0.3, 0.4) is 0 Å². The average Bonchev–Trinajstić information content (AvgIpc) is 2.92. The van der Waals surface area contributed by atoms with Crippen molar-refractivity contribution < 1.29 is 4.79 Å². The van der Waals surface area contributed by atoms with E-state index in [9.17, 15) is 4.79 Å². The number of para-hydroxylation sites is 1. The van der Waals surface area contributed by atoms with Crippen LogP contribution in [0.1, 0.15) is 20.8 Å². The van der Waals surface area contributed by atoms with Crippen LogP contribution in [0.15, 0.2) is 42.5 Å². The molecule has 1 aromatic carbocycles. The van der Waals surface area contributed by atoms with Crippen LogP contribution in [-0.2, 0) is 0 Å². The fourth-order valence-electron chi connectivity index (χ4n) is 2.15. The van der Waals surface area contributed by atoms with Gasteiger partial charge in [-0.3, -0.25) is 4.79 Å². The van der Waals surface area contributed by atoms with Crippen LogP contribution in [0.4, 0.5) is 0 Å². The number of hydrogen-bond acceptors (Lipinski definition) is 3. The molecule has 3 aromatic rings. The molecule has 0 saturated carbocycles. The van der Waals surface area contributed by atoms with E-state index in [0.29, 0.717) is 5.15 Å². The predicted molar refractivity (Wildman–Crippen MR) is 102 cm³/mol. The van der Waals surface area contributed by atoms with Crippen LogP contribution in [0.5, 0.6) is 0 Å². The molecular formula is C17H11ClINOS. The Bertz CT molecular complexity index is 901. The summed E-state index contributed by atoms with van der Waals surface area (Å²) in [5.41, 5.74) is 2.72. The van der Waals surface area contributed by atoms with Crippen molar-refractivity contribution in [2.75, 3.05) is 0 Å². The third-order valence-corrected chi connectivity index (χ3v) is 5.47. The third-order valence-electron chi connectivity index (χ3n) is 3.26. The van der Waals surface area contributed by atoms with Crippen molar-refractivity contribution in [2.24, 2.45) is 0 Å². The Morgan fingerprint density at radius 2 is 2.14 bits per heavy atom. The van der Waals surface area contributed by atoms with E-state index in [1.54, 1.807) is 12.2 Å². The highest BCUT2D eigenvalue weighted by Crippen LogP contribution is 2.24. The number of aryl methyl sites for hydroxylation is 1. The molecule has 110 valence electrons. The third kappa shape index (κ3) is 3.24. The van der Waals surface area contributed by atoms with Gasteiger partial charge in [-0.15, -0.1) is 11.3 Å². The Balaban J connectivity index is 1.95. The molecule has 0 amide bonds. The zero-order valence-corrected chi connectivity index (χ0v) is 15.4. The molecule has 0 radical (unpaired) electrons. The number of ketones is 1. The van der Waals surface area contributed by atoms with E-state index in [-0.39, 0.29) is 5.78 Å². The number of benzene rings is 1. The molecular weight excluding hydrogens is 429 g/mol. The van der Waals surface area contributed by atoms with Crippen LogP contribution >= 0.6 is 45.5 Å². The Labute approximate surface area is 151 Å². The largest absolute Gasteiger partial charge is 0.288 e. The number of pyridine rings is 1. The summed E-state index contributed by atoms with van der Waals surface area (Å²) >= 11 is 9.92. The van der Waals surface area contributed by atoms with Crippen LogP contribution in [0, 0.1) is 9.81 Å². The van der Waals surface area contributed by atoms with Gasteiger partial charge >= 0.3 is 0 Å². The van der Waals surface area contributed by atoms with E-state index in [4.69, 9.17) is 11.6 Å². The first kappa shape index (κ1) is 15.6. The van der Waals surface area contributed by atoms with E-state index < -0.39 is 0 Å². The summed E-state index contributed by atoms with van der Waals surface area (Å²) in [6.45, 7) is 2.00. The van der Waals surface area contributed by atoms with Crippen molar-refractivity contribution in [1.82, 2.24) is 4.98 Å². The smallest absolute Gasteiger partial charge is 0.195 e. The van der Waals surface area contributed by atoms with Gasteiger partial charge in [0.2, 0.25) is 0 Å². The minimum absolute atomic E-state index is 0.0201. The van der Waals surface area contributed by atoms with Crippen molar-refractivity contribution in [3.63, 3.8) is 0 Å². The lowest BCUT2D eigenvalue weighted by molar-refractivity contribution is 0.105. The number of rotatable bonds is 3. The quantitative estimate of drug-likeness (QED) is 0.225. The predicted octanol–water partition coefficient (Wildman–Crippen LogP) is 5.76. The molecule has 2 heterocycles. The molecule has 0 N–H and O–H groups in total. The Morgan fingerprint density at radius 1 is 1.32 bits per heavy atom. The summed E-state index contributed by atoms with van der Waals surface area (Å²) in [4.78, 5) is 17.3. The molecule has 2 aromatic heterocycles. The molecule has 0 atom stereocenters. The minimum Gasteiger partial charge on any atom is -0.288 e. The van der Waals surface area contributed by atoms with Gasteiger partial charge in [-0.2, -0.15) is 0 Å². The van der Waals surface area contributed by atoms with Gasteiger partial charge in [0.15, 0.2) is 5.78 Å². The monoisotopic (exact) mass is 439 g/mol. The van der Waals surface area contributed by atoms with E-state index >= 15 is 0 Å². The Kier molecular flexibility index (Phi) is 4.61. The van der Waals surface area contributed by atoms with E-state index in [0.717, 1.165) is 29.8 Å². The fourth-order valence-corrected chi connectivity index (χ4v) is 3.90. The van der Waals surface area contributed by atoms with Gasteiger partial charge in [0.1, 0.15) is 5.15 Å². The summed E-state index contributed by atoms with van der Waals surface area (Å²) in [6, 6.07) is 11.7. The lowest BCUT2D eigenvalue weighted by atomic mass is 10.1. The number of carbonyl (C=O) groups excluding carboxylic acids is 1. The van der Waals surface area contributed by atoms with Crippen LogP contribution in [0.25, 0.3) is 17.0 Å². The first-order chi connectivity index (χ1) is 10.5. The summed E-state index contributed by atoms with van der Waals surface area (Å²) in [7, 11) is 0. The number of aromatic nitrogens is 1. The van der Waals surface area contributed by atoms with Gasteiger partial charge in [0.05, 0.1) is 13.3 Å². The molecule has 2 nitrogen and oxygen atoms in total. The van der Waals surface area contributed by atoms with Gasteiger partial charge in [-0.1, -0.05) is 29.8 Å². The van der Waals surface area contributed by atoms with Crippen LogP contribution in [0.2, 0.25) is 5.15 Å². The normalized spacial score (nSPS) is 11.4. The molecule has 0 fully saturated rings. The maximum atomic E-state index is 12.1. The van der Waals surface area contributed by atoms with Crippen molar-refractivity contribution >= 4 is 68.3 Å². The Morgan fingerprint density at radius 3 is 2.86 bits per heavy atom. The molecule has 0 aliphatic heterocycles. The van der Waals surface area contributed by atoms with Gasteiger partial charge in [0.25, 0.3) is 0 Å². The number of fused-ring (bicyclic) bond motifs is 1. The van der Waals surface area contributed by atoms with Crippen LogP contribution in [-0.4, -0.2) is 10.8 Å².